The lowest BCUT2D eigenvalue weighted by Crippen LogP contribution is -2.05. The molecule has 0 aliphatic carbocycles. The first kappa shape index (κ1) is 10.3. The number of benzene rings is 1. The fourth-order valence-corrected chi connectivity index (χ4v) is 1.02. The summed E-state index contributed by atoms with van der Waals surface area (Å²) in [6, 6.07) is 4.13. The lowest BCUT2D eigenvalue weighted by atomic mass is 10.2. The first-order chi connectivity index (χ1) is 6.65. The van der Waals surface area contributed by atoms with Crippen molar-refractivity contribution in [2.75, 3.05) is 18.5 Å². The van der Waals surface area contributed by atoms with Crippen molar-refractivity contribution in [2.45, 2.75) is 0 Å². The van der Waals surface area contributed by atoms with Gasteiger partial charge in [-0.15, -0.1) is 0 Å². The molecule has 0 aliphatic rings. The van der Waals surface area contributed by atoms with Gasteiger partial charge < -0.3 is 20.6 Å². The quantitative estimate of drug-likeness (QED) is 0.564. The van der Waals surface area contributed by atoms with Gasteiger partial charge in [-0.2, -0.15) is 0 Å². The molecule has 0 fully saturated rings. The summed E-state index contributed by atoms with van der Waals surface area (Å²) in [6.45, 7) is 0.327. The monoisotopic (exact) mass is 197 g/mol. The molecule has 5 heteroatoms. The van der Waals surface area contributed by atoms with E-state index in [4.69, 9.17) is 10.2 Å². The summed E-state index contributed by atoms with van der Waals surface area (Å²) < 4.78 is 0. The minimum atomic E-state index is -1.17. The van der Waals surface area contributed by atoms with Gasteiger partial charge in [-0.05, 0) is 12.1 Å². The van der Waals surface area contributed by atoms with E-state index in [9.17, 15) is 9.90 Å². The zero-order valence-corrected chi connectivity index (χ0v) is 7.40. The van der Waals surface area contributed by atoms with Crippen LogP contribution >= 0.6 is 0 Å². The smallest absolute Gasteiger partial charge is 0.339 e. The van der Waals surface area contributed by atoms with E-state index in [-0.39, 0.29) is 17.9 Å². The fourth-order valence-electron chi connectivity index (χ4n) is 1.02. The van der Waals surface area contributed by atoms with Crippen LogP contribution in [-0.2, 0) is 0 Å². The standard InChI is InChI=1S/C9H11NO4/c11-4-3-10-6-1-2-7(9(13)14)8(12)5-6/h1-2,5,10-12H,3-4H2,(H,13,14). The number of aliphatic hydroxyl groups excluding tert-OH is 1. The Morgan fingerprint density at radius 1 is 1.43 bits per heavy atom. The van der Waals surface area contributed by atoms with Gasteiger partial charge in [0.15, 0.2) is 0 Å². The molecule has 1 aromatic carbocycles. The predicted octanol–water partition coefficient (Wildman–Crippen LogP) is 0.495. The van der Waals surface area contributed by atoms with E-state index in [1.807, 2.05) is 0 Å². The van der Waals surface area contributed by atoms with Crippen LogP contribution in [0, 0.1) is 0 Å². The third-order valence-corrected chi connectivity index (χ3v) is 1.67. The highest BCUT2D eigenvalue weighted by atomic mass is 16.4. The second kappa shape index (κ2) is 4.48. The van der Waals surface area contributed by atoms with E-state index in [1.165, 1.54) is 18.2 Å². The van der Waals surface area contributed by atoms with Crippen molar-refractivity contribution in [3.8, 4) is 5.75 Å². The van der Waals surface area contributed by atoms with Gasteiger partial charge in [0.25, 0.3) is 0 Å². The van der Waals surface area contributed by atoms with E-state index >= 15 is 0 Å². The number of carbonyl (C=O) groups is 1. The molecule has 0 heterocycles. The number of aliphatic hydroxyl groups is 1. The molecule has 0 radical (unpaired) electrons. The number of aromatic carboxylic acids is 1. The molecule has 0 amide bonds. The van der Waals surface area contributed by atoms with Crippen molar-refractivity contribution in [1.82, 2.24) is 0 Å². The fraction of sp³-hybridized carbons (Fsp3) is 0.222. The van der Waals surface area contributed by atoms with Gasteiger partial charge in [0.1, 0.15) is 11.3 Å². The number of carboxylic acids is 1. The van der Waals surface area contributed by atoms with E-state index in [0.717, 1.165) is 0 Å². The Bertz CT molecular complexity index is 338. The second-order valence-corrected chi connectivity index (χ2v) is 2.69. The maximum Gasteiger partial charge on any atom is 0.339 e. The third-order valence-electron chi connectivity index (χ3n) is 1.67. The minimum Gasteiger partial charge on any atom is -0.507 e. The van der Waals surface area contributed by atoms with Crippen molar-refractivity contribution in [1.29, 1.82) is 0 Å². The third kappa shape index (κ3) is 2.37. The van der Waals surface area contributed by atoms with Crippen LogP contribution in [-0.4, -0.2) is 34.4 Å². The molecule has 14 heavy (non-hydrogen) atoms. The molecule has 0 aromatic heterocycles. The molecule has 0 spiro atoms. The van der Waals surface area contributed by atoms with E-state index in [0.29, 0.717) is 12.2 Å². The summed E-state index contributed by atoms with van der Waals surface area (Å²) in [7, 11) is 0. The van der Waals surface area contributed by atoms with Crippen LogP contribution < -0.4 is 5.32 Å². The summed E-state index contributed by atoms with van der Waals surface area (Å²) in [4.78, 5) is 10.5. The van der Waals surface area contributed by atoms with Gasteiger partial charge in [-0.3, -0.25) is 0 Å². The van der Waals surface area contributed by atoms with Crippen LogP contribution in [0.15, 0.2) is 18.2 Å². The highest BCUT2D eigenvalue weighted by Crippen LogP contribution is 2.21. The number of anilines is 1. The van der Waals surface area contributed by atoms with Gasteiger partial charge in [-0.25, -0.2) is 4.79 Å². The number of phenols is 1. The normalized spacial score (nSPS) is 9.79. The van der Waals surface area contributed by atoms with Gasteiger partial charge in [0.05, 0.1) is 6.61 Å². The van der Waals surface area contributed by atoms with Gasteiger partial charge >= 0.3 is 5.97 Å². The number of hydrogen-bond donors (Lipinski definition) is 4. The summed E-state index contributed by atoms with van der Waals surface area (Å²) in [5.41, 5.74) is 0.432. The SMILES string of the molecule is O=C(O)c1ccc(NCCO)cc1O. The molecule has 0 saturated heterocycles. The lowest BCUT2D eigenvalue weighted by Gasteiger charge is -2.05. The number of carboxylic acid groups (broad SMARTS) is 1. The van der Waals surface area contributed by atoms with Crippen LogP contribution in [0.2, 0.25) is 0 Å². The largest absolute Gasteiger partial charge is 0.507 e. The molecule has 1 aromatic rings. The zero-order valence-electron chi connectivity index (χ0n) is 7.40. The summed E-state index contributed by atoms with van der Waals surface area (Å²) in [5.74, 6) is -1.46. The molecule has 0 atom stereocenters. The number of aromatic hydroxyl groups is 1. The molecule has 0 saturated carbocycles. The average molecular weight is 197 g/mol. The Morgan fingerprint density at radius 2 is 2.14 bits per heavy atom. The Morgan fingerprint density at radius 3 is 2.64 bits per heavy atom. The number of nitrogens with one attached hydrogen (secondary N) is 1. The number of hydrogen-bond acceptors (Lipinski definition) is 4. The topological polar surface area (TPSA) is 89.8 Å². The van der Waals surface area contributed by atoms with Crippen molar-refractivity contribution < 1.29 is 20.1 Å². The average Bonchev–Trinajstić information content (AvgIpc) is 2.14. The molecule has 5 nitrogen and oxygen atoms in total. The summed E-state index contributed by atoms with van der Waals surface area (Å²) in [5, 5.41) is 29.2. The van der Waals surface area contributed by atoms with Crippen LogP contribution in [0.25, 0.3) is 0 Å². The summed E-state index contributed by atoms with van der Waals surface area (Å²) >= 11 is 0. The molecular weight excluding hydrogens is 186 g/mol. The Balaban J connectivity index is 2.83. The van der Waals surface area contributed by atoms with E-state index in [2.05, 4.69) is 5.32 Å². The second-order valence-electron chi connectivity index (χ2n) is 2.69. The highest BCUT2D eigenvalue weighted by Gasteiger charge is 2.08. The Kier molecular flexibility index (Phi) is 3.30. The van der Waals surface area contributed by atoms with Gasteiger partial charge in [0.2, 0.25) is 0 Å². The van der Waals surface area contributed by atoms with Crippen molar-refractivity contribution in [3.63, 3.8) is 0 Å². The first-order valence-electron chi connectivity index (χ1n) is 4.06. The van der Waals surface area contributed by atoms with Crippen LogP contribution in [0.3, 0.4) is 0 Å². The maximum atomic E-state index is 10.5. The first-order valence-corrected chi connectivity index (χ1v) is 4.06. The highest BCUT2D eigenvalue weighted by molar-refractivity contribution is 5.91. The Hall–Kier alpha value is -1.75. The maximum absolute atomic E-state index is 10.5. The molecule has 0 aliphatic heterocycles. The van der Waals surface area contributed by atoms with Crippen LogP contribution in [0.4, 0.5) is 5.69 Å². The van der Waals surface area contributed by atoms with Crippen molar-refractivity contribution in [3.05, 3.63) is 23.8 Å². The minimum absolute atomic E-state index is 0.0263. The van der Waals surface area contributed by atoms with E-state index < -0.39 is 5.97 Å². The van der Waals surface area contributed by atoms with Crippen LogP contribution in [0.5, 0.6) is 5.75 Å². The molecule has 4 N–H and O–H groups in total. The zero-order chi connectivity index (χ0) is 10.6. The molecule has 0 unspecified atom stereocenters. The molecule has 76 valence electrons. The lowest BCUT2D eigenvalue weighted by molar-refractivity contribution is 0.0694. The van der Waals surface area contributed by atoms with Crippen molar-refractivity contribution in [2.24, 2.45) is 0 Å². The number of rotatable bonds is 4. The summed E-state index contributed by atoms with van der Waals surface area (Å²) in [6.07, 6.45) is 0. The van der Waals surface area contributed by atoms with Crippen molar-refractivity contribution >= 4 is 11.7 Å². The molecule has 0 bridgehead atoms. The molecule has 1 rings (SSSR count). The van der Waals surface area contributed by atoms with Gasteiger partial charge in [0, 0.05) is 18.3 Å². The van der Waals surface area contributed by atoms with E-state index in [1.54, 1.807) is 0 Å². The van der Waals surface area contributed by atoms with Crippen LogP contribution in [0.1, 0.15) is 10.4 Å². The molecular formula is C9H11NO4. The van der Waals surface area contributed by atoms with Gasteiger partial charge in [-0.1, -0.05) is 0 Å². The Labute approximate surface area is 80.6 Å². The predicted molar refractivity (Wildman–Crippen MR) is 50.6 cm³/mol.